The molecule has 1 N–H and O–H groups in total. The summed E-state index contributed by atoms with van der Waals surface area (Å²) >= 11 is 0. The van der Waals surface area contributed by atoms with Crippen LogP contribution in [-0.2, 0) is 9.53 Å². The van der Waals surface area contributed by atoms with Crippen molar-refractivity contribution in [2.24, 2.45) is 0 Å². The van der Waals surface area contributed by atoms with Gasteiger partial charge >= 0.3 is 0 Å². The molecule has 4 nitrogen and oxygen atoms in total. The van der Waals surface area contributed by atoms with Gasteiger partial charge in [-0.15, -0.1) is 0 Å². The highest BCUT2D eigenvalue weighted by Crippen LogP contribution is 2.17. The van der Waals surface area contributed by atoms with Gasteiger partial charge in [-0.3, -0.25) is 4.79 Å². The summed E-state index contributed by atoms with van der Waals surface area (Å²) in [6, 6.07) is 0. The fraction of sp³-hybridized carbons (Fsp3) is 0.727. The van der Waals surface area contributed by atoms with E-state index in [4.69, 9.17) is 4.74 Å². The highest BCUT2D eigenvalue weighted by Gasteiger charge is 2.36. The third-order valence-corrected chi connectivity index (χ3v) is 2.80. The SMILES string of the molecule is C=CC(=O)NC(CC)[N+](C)(C)CC1CO1. The lowest BCUT2D eigenvalue weighted by atomic mass is 10.2. The molecule has 0 aromatic heterocycles. The van der Waals surface area contributed by atoms with Crippen molar-refractivity contribution >= 4 is 5.91 Å². The third kappa shape index (κ3) is 3.64. The molecule has 86 valence electrons. The molecule has 1 saturated heterocycles. The van der Waals surface area contributed by atoms with E-state index in [1.165, 1.54) is 6.08 Å². The maximum atomic E-state index is 11.3. The van der Waals surface area contributed by atoms with E-state index in [-0.39, 0.29) is 12.1 Å². The molecule has 0 bridgehead atoms. The van der Waals surface area contributed by atoms with Gasteiger partial charge in [-0.1, -0.05) is 13.5 Å². The number of nitrogens with one attached hydrogen (secondary N) is 1. The summed E-state index contributed by atoms with van der Waals surface area (Å²) in [5.74, 6) is -0.107. The van der Waals surface area contributed by atoms with Crippen molar-refractivity contribution in [2.45, 2.75) is 25.6 Å². The molecule has 2 unspecified atom stereocenters. The van der Waals surface area contributed by atoms with Crippen LogP contribution in [-0.4, -0.2) is 49.9 Å². The number of quaternary nitrogens is 1. The standard InChI is InChI=1S/C11H20N2O2/c1-5-10(12-11(14)6-2)13(3,4)7-9-8-15-9/h6,9-10H,2,5,7-8H2,1,3-4H3/p+1. The molecular weight excluding hydrogens is 192 g/mol. The summed E-state index contributed by atoms with van der Waals surface area (Å²) < 4.78 is 5.97. The average molecular weight is 213 g/mol. The summed E-state index contributed by atoms with van der Waals surface area (Å²) in [5, 5.41) is 2.95. The maximum absolute atomic E-state index is 11.3. The molecule has 1 aliphatic rings. The third-order valence-electron chi connectivity index (χ3n) is 2.80. The van der Waals surface area contributed by atoms with Gasteiger partial charge in [0.15, 0.2) is 6.17 Å². The fourth-order valence-corrected chi connectivity index (χ4v) is 1.82. The van der Waals surface area contributed by atoms with Gasteiger partial charge in [-0.2, -0.15) is 0 Å². The van der Waals surface area contributed by atoms with Crippen LogP contribution in [0.3, 0.4) is 0 Å². The lowest BCUT2D eigenvalue weighted by molar-refractivity contribution is -0.917. The molecule has 0 aromatic carbocycles. The number of epoxide rings is 1. The summed E-state index contributed by atoms with van der Waals surface area (Å²) in [6.45, 7) is 7.33. The molecule has 0 spiro atoms. The minimum atomic E-state index is -0.107. The van der Waals surface area contributed by atoms with Crippen molar-refractivity contribution in [1.82, 2.24) is 5.32 Å². The van der Waals surface area contributed by atoms with E-state index in [1.54, 1.807) is 0 Å². The van der Waals surface area contributed by atoms with Gasteiger partial charge in [0, 0.05) is 6.42 Å². The zero-order valence-electron chi connectivity index (χ0n) is 9.82. The van der Waals surface area contributed by atoms with E-state index >= 15 is 0 Å². The Bertz CT molecular complexity index is 247. The van der Waals surface area contributed by atoms with Gasteiger partial charge in [0.2, 0.25) is 5.91 Å². The Balaban J connectivity index is 2.53. The first kappa shape index (κ1) is 12.2. The van der Waals surface area contributed by atoms with Gasteiger partial charge in [0.25, 0.3) is 0 Å². The first-order chi connectivity index (χ1) is 6.99. The van der Waals surface area contributed by atoms with Crippen molar-refractivity contribution in [1.29, 1.82) is 0 Å². The monoisotopic (exact) mass is 213 g/mol. The Labute approximate surface area is 91.5 Å². The van der Waals surface area contributed by atoms with Crippen molar-refractivity contribution < 1.29 is 14.0 Å². The topological polar surface area (TPSA) is 41.6 Å². The van der Waals surface area contributed by atoms with Gasteiger partial charge in [0.1, 0.15) is 12.6 Å². The van der Waals surface area contributed by atoms with Crippen LogP contribution in [0.25, 0.3) is 0 Å². The van der Waals surface area contributed by atoms with Crippen LogP contribution in [0, 0.1) is 0 Å². The fourth-order valence-electron chi connectivity index (χ4n) is 1.82. The highest BCUT2D eigenvalue weighted by molar-refractivity contribution is 5.86. The Morgan fingerprint density at radius 3 is 2.73 bits per heavy atom. The molecule has 0 aromatic rings. The predicted molar refractivity (Wildman–Crippen MR) is 59.1 cm³/mol. The van der Waals surface area contributed by atoms with Crippen LogP contribution in [0.4, 0.5) is 0 Å². The first-order valence-electron chi connectivity index (χ1n) is 5.36. The van der Waals surface area contributed by atoms with E-state index in [2.05, 4.69) is 32.9 Å². The lowest BCUT2D eigenvalue weighted by Crippen LogP contribution is -2.58. The second-order valence-corrected chi connectivity index (χ2v) is 4.55. The number of rotatable bonds is 6. The summed E-state index contributed by atoms with van der Waals surface area (Å²) in [5.41, 5.74) is 0. The molecule has 1 heterocycles. The van der Waals surface area contributed by atoms with Crippen molar-refractivity contribution in [2.75, 3.05) is 27.2 Å². The van der Waals surface area contributed by atoms with E-state index in [0.717, 1.165) is 24.1 Å². The van der Waals surface area contributed by atoms with Crippen LogP contribution in [0.2, 0.25) is 0 Å². The molecular formula is C11H21N2O2+. The van der Waals surface area contributed by atoms with Crippen LogP contribution in [0.1, 0.15) is 13.3 Å². The van der Waals surface area contributed by atoms with Gasteiger partial charge in [-0.25, -0.2) is 0 Å². The smallest absolute Gasteiger partial charge is 0.247 e. The van der Waals surface area contributed by atoms with Crippen molar-refractivity contribution in [3.63, 3.8) is 0 Å². The second-order valence-electron chi connectivity index (χ2n) is 4.55. The number of nitrogens with zero attached hydrogens (tertiary/aromatic N) is 1. The zero-order chi connectivity index (χ0) is 11.5. The Morgan fingerprint density at radius 2 is 2.33 bits per heavy atom. The van der Waals surface area contributed by atoms with Crippen molar-refractivity contribution in [3.05, 3.63) is 12.7 Å². The molecule has 0 saturated carbocycles. The highest BCUT2D eigenvalue weighted by atomic mass is 16.6. The summed E-state index contributed by atoms with van der Waals surface area (Å²) in [4.78, 5) is 11.3. The zero-order valence-corrected chi connectivity index (χ0v) is 9.82. The van der Waals surface area contributed by atoms with E-state index < -0.39 is 0 Å². The minimum absolute atomic E-state index is 0.107. The number of hydrogen-bond donors (Lipinski definition) is 1. The lowest BCUT2D eigenvalue weighted by Gasteiger charge is -2.37. The summed E-state index contributed by atoms with van der Waals surface area (Å²) in [7, 11) is 4.22. The maximum Gasteiger partial charge on any atom is 0.247 e. The molecule has 0 aliphatic carbocycles. The minimum Gasteiger partial charge on any atom is -0.367 e. The molecule has 2 atom stereocenters. The molecule has 15 heavy (non-hydrogen) atoms. The normalized spacial score (nSPS) is 21.9. The Kier molecular flexibility index (Phi) is 3.88. The van der Waals surface area contributed by atoms with Crippen LogP contribution in [0.5, 0.6) is 0 Å². The number of likely N-dealkylation sites (N-methyl/N-ethyl adjacent to an activating group) is 1. The number of hydrogen-bond acceptors (Lipinski definition) is 2. The Morgan fingerprint density at radius 1 is 1.73 bits per heavy atom. The largest absolute Gasteiger partial charge is 0.367 e. The molecule has 4 heteroatoms. The van der Waals surface area contributed by atoms with Gasteiger partial charge < -0.3 is 14.5 Å². The quantitative estimate of drug-likeness (QED) is 0.302. The van der Waals surface area contributed by atoms with E-state index in [0.29, 0.717) is 6.10 Å². The molecule has 1 rings (SSSR count). The van der Waals surface area contributed by atoms with E-state index in [9.17, 15) is 4.79 Å². The summed E-state index contributed by atoms with van der Waals surface area (Å²) in [6.07, 6.45) is 2.71. The van der Waals surface area contributed by atoms with Gasteiger partial charge in [-0.05, 0) is 6.08 Å². The van der Waals surface area contributed by atoms with Crippen molar-refractivity contribution in [3.8, 4) is 0 Å². The number of carbonyl (C=O) groups excluding carboxylic acids is 1. The number of carbonyl (C=O) groups is 1. The Hall–Kier alpha value is -0.870. The first-order valence-corrected chi connectivity index (χ1v) is 5.36. The molecule has 1 amide bonds. The van der Waals surface area contributed by atoms with Gasteiger partial charge in [0.05, 0.1) is 20.7 Å². The van der Waals surface area contributed by atoms with Crippen LogP contribution < -0.4 is 5.32 Å². The van der Waals surface area contributed by atoms with Crippen LogP contribution in [0.15, 0.2) is 12.7 Å². The number of amides is 1. The molecule has 1 aliphatic heterocycles. The molecule has 1 fully saturated rings. The number of ether oxygens (including phenoxy) is 1. The average Bonchev–Trinajstić information content (AvgIpc) is 2.96. The van der Waals surface area contributed by atoms with Crippen LogP contribution >= 0.6 is 0 Å². The molecule has 0 radical (unpaired) electrons. The second kappa shape index (κ2) is 4.77. The predicted octanol–water partition coefficient (Wildman–Crippen LogP) is 0.500. The van der Waals surface area contributed by atoms with E-state index in [1.807, 2.05) is 0 Å².